The number of nitrogens with one attached hydrogen (secondary N) is 1. The summed E-state index contributed by atoms with van der Waals surface area (Å²) in [5, 5.41) is 3.54. The molecule has 0 radical (unpaired) electrons. The fraction of sp³-hybridized carbons (Fsp3) is 0.571. The minimum Gasteiger partial charge on any atom is -0.469 e. The molecule has 1 aliphatic carbocycles. The molecular formula is C14H20N2O2. The third kappa shape index (κ3) is 3.53. The van der Waals surface area contributed by atoms with E-state index in [-0.39, 0.29) is 11.9 Å². The summed E-state index contributed by atoms with van der Waals surface area (Å²) in [6.45, 7) is 0.871. The average molecular weight is 248 g/mol. The van der Waals surface area contributed by atoms with E-state index in [0.29, 0.717) is 6.04 Å². The first-order valence-corrected chi connectivity index (χ1v) is 6.49. The van der Waals surface area contributed by atoms with Gasteiger partial charge >= 0.3 is 5.97 Å². The summed E-state index contributed by atoms with van der Waals surface area (Å²) in [5.74, 6) is 0.0524. The molecule has 2 rings (SSSR count). The molecule has 0 aliphatic heterocycles. The van der Waals surface area contributed by atoms with E-state index < -0.39 is 0 Å². The summed E-state index contributed by atoms with van der Waals surface area (Å²) in [6, 6.07) is 4.55. The van der Waals surface area contributed by atoms with Gasteiger partial charge in [-0.1, -0.05) is 0 Å². The molecule has 1 aliphatic rings. The molecule has 0 spiro atoms. The number of methoxy groups -OCH3 is 1. The molecule has 98 valence electrons. The van der Waals surface area contributed by atoms with Crippen LogP contribution in [0.2, 0.25) is 0 Å². The summed E-state index contributed by atoms with van der Waals surface area (Å²) in [6.07, 6.45) is 7.58. The maximum Gasteiger partial charge on any atom is 0.308 e. The van der Waals surface area contributed by atoms with Crippen molar-refractivity contribution < 1.29 is 9.53 Å². The predicted molar refractivity (Wildman–Crippen MR) is 68.8 cm³/mol. The molecule has 0 saturated heterocycles. The Hall–Kier alpha value is -1.42. The molecule has 0 aromatic carbocycles. The number of carbonyl (C=O) groups is 1. The zero-order valence-corrected chi connectivity index (χ0v) is 10.8. The number of carbonyl (C=O) groups excluding carboxylic acids is 1. The lowest BCUT2D eigenvalue weighted by molar-refractivity contribution is -0.146. The topological polar surface area (TPSA) is 51.2 Å². The third-order valence-electron chi connectivity index (χ3n) is 3.61. The minimum absolute atomic E-state index is 0.0532. The lowest BCUT2D eigenvalue weighted by Gasteiger charge is -2.27. The first-order chi connectivity index (χ1) is 8.79. The van der Waals surface area contributed by atoms with Gasteiger partial charge in [-0.15, -0.1) is 0 Å². The third-order valence-corrected chi connectivity index (χ3v) is 3.61. The first-order valence-electron chi connectivity index (χ1n) is 6.49. The van der Waals surface area contributed by atoms with E-state index in [1.54, 1.807) is 0 Å². The smallest absolute Gasteiger partial charge is 0.308 e. The molecule has 1 aromatic heterocycles. The van der Waals surface area contributed by atoms with Crippen molar-refractivity contribution in [2.24, 2.45) is 5.92 Å². The van der Waals surface area contributed by atoms with E-state index in [4.69, 9.17) is 4.74 Å². The number of esters is 1. The van der Waals surface area contributed by atoms with Crippen molar-refractivity contribution >= 4 is 5.97 Å². The van der Waals surface area contributed by atoms with Crippen molar-refractivity contribution in [1.29, 1.82) is 0 Å². The second-order valence-corrected chi connectivity index (χ2v) is 4.81. The van der Waals surface area contributed by atoms with Crippen LogP contribution in [0.25, 0.3) is 0 Å². The Balaban J connectivity index is 1.72. The number of ether oxygens (including phenoxy) is 1. The van der Waals surface area contributed by atoms with Crippen LogP contribution in [0, 0.1) is 5.92 Å². The van der Waals surface area contributed by atoms with Gasteiger partial charge in [0.15, 0.2) is 0 Å². The van der Waals surface area contributed by atoms with Crippen LogP contribution in [0.5, 0.6) is 0 Å². The number of pyridine rings is 1. The molecule has 0 bridgehead atoms. The Morgan fingerprint density at radius 2 is 2.00 bits per heavy atom. The highest BCUT2D eigenvalue weighted by molar-refractivity contribution is 5.72. The monoisotopic (exact) mass is 248 g/mol. The predicted octanol–water partition coefficient (Wildman–Crippen LogP) is 1.90. The molecule has 1 N–H and O–H groups in total. The van der Waals surface area contributed by atoms with Crippen molar-refractivity contribution in [3.8, 4) is 0 Å². The first kappa shape index (κ1) is 13.0. The van der Waals surface area contributed by atoms with Crippen LogP contribution in [0.4, 0.5) is 0 Å². The van der Waals surface area contributed by atoms with E-state index >= 15 is 0 Å². The highest BCUT2D eigenvalue weighted by Gasteiger charge is 2.26. The summed E-state index contributed by atoms with van der Waals surface area (Å²) in [7, 11) is 1.47. The highest BCUT2D eigenvalue weighted by Crippen LogP contribution is 2.25. The fourth-order valence-electron chi connectivity index (χ4n) is 2.46. The largest absolute Gasteiger partial charge is 0.469 e. The molecule has 1 saturated carbocycles. The molecule has 0 unspecified atom stereocenters. The van der Waals surface area contributed by atoms with Crippen LogP contribution in [-0.2, 0) is 16.1 Å². The van der Waals surface area contributed by atoms with Gasteiger partial charge in [-0.05, 0) is 43.4 Å². The number of rotatable bonds is 4. The standard InChI is InChI=1S/C14H20N2O2/c1-18-14(17)12-2-4-13(5-3-12)16-10-11-6-8-15-9-7-11/h6-9,12-13,16H,2-5,10H2,1H3. The van der Waals surface area contributed by atoms with Crippen molar-refractivity contribution in [2.75, 3.05) is 7.11 Å². The lowest BCUT2D eigenvalue weighted by atomic mass is 9.86. The van der Waals surface area contributed by atoms with E-state index in [0.717, 1.165) is 32.2 Å². The molecule has 1 fully saturated rings. The van der Waals surface area contributed by atoms with Crippen LogP contribution in [-0.4, -0.2) is 24.1 Å². The van der Waals surface area contributed by atoms with E-state index in [1.165, 1.54) is 12.7 Å². The summed E-state index contributed by atoms with van der Waals surface area (Å²) >= 11 is 0. The average Bonchev–Trinajstić information content (AvgIpc) is 2.46. The van der Waals surface area contributed by atoms with Crippen molar-refractivity contribution in [3.05, 3.63) is 30.1 Å². The van der Waals surface area contributed by atoms with Crippen molar-refractivity contribution in [3.63, 3.8) is 0 Å². The molecule has 1 heterocycles. The normalized spacial score (nSPS) is 23.6. The molecule has 1 aromatic rings. The quantitative estimate of drug-likeness (QED) is 0.827. The maximum atomic E-state index is 11.4. The molecule has 4 nitrogen and oxygen atoms in total. The van der Waals surface area contributed by atoms with Crippen LogP contribution < -0.4 is 5.32 Å². The van der Waals surface area contributed by atoms with Gasteiger partial charge in [0.25, 0.3) is 0 Å². The molecule has 4 heteroatoms. The zero-order chi connectivity index (χ0) is 12.8. The Morgan fingerprint density at radius 1 is 1.33 bits per heavy atom. The minimum atomic E-state index is -0.0532. The number of hydrogen-bond acceptors (Lipinski definition) is 4. The molecule has 0 atom stereocenters. The van der Waals surface area contributed by atoms with Gasteiger partial charge in [0, 0.05) is 25.0 Å². The van der Waals surface area contributed by atoms with Gasteiger partial charge in [-0.2, -0.15) is 0 Å². The molecular weight excluding hydrogens is 228 g/mol. The van der Waals surface area contributed by atoms with Crippen LogP contribution >= 0.6 is 0 Å². The van der Waals surface area contributed by atoms with Gasteiger partial charge in [-0.3, -0.25) is 9.78 Å². The second kappa shape index (κ2) is 6.50. The molecule has 18 heavy (non-hydrogen) atoms. The van der Waals surface area contributed by atoms with Gasteiger partial charge < -0.3 is 10.1 Å². The van der Waals surface area contributed by atoms with Crippen LogP contribution in [0.1, 0.15) is 31.2 Å². The Labute approximate surface area is 108 Å². The van der Waals surface area contributed by atoms with Crippen molar-refractivity contribution in [2.45, 2.75) is 38.3 Å². The summed E-state index contributed by atoms with van der Waals surface area (Å²) in [5.41, 5.74) is 1.25. The number of hydrogen-bond donors (Lipinski definition) is 1. The van der Waals surface area contributed by atoms with Crippen LogP contribution in [0.15, 0.2) is 24.5 Å². The van der Waals surface area contributed by atoms with E-state index in [1.807, 2.05) is 24.5 Å². The molecule has 0 amide bonds. The van der Waals surface area contributed by atoms with E-state index in [9.17, 15) is 4.79 Å². The van der Waals surface area contributed by atoms with Crippen molar-refractivity contribution in [1.82, 2.24) is 10.3 Å². The SMILES string of the molecule is COC(=O)C1CCC(NCc2ccncc2)CC1. The van der Waals surface area contributed by atoms with Gasteiger partial charge in [-0.25, -0.2) is 0 Å². The van der Waals surface area contributed by atoms with Gasteiger partial charge in [0.1, 0.15) is 0 Å². The fourth-order valence-corrected chi connectivity index (χ4v) is 2.46. The van der Waals surface area contributed by atoms with Gasteiger partial charge in [0.05, 0.1) is 13.0 Å². The number of aromatic nitrogens is 1. The Morgan fingerprint density at radius 3 is 2.61 bits per heavy atom. The zero-order valence-electron chi connectivity index (χ0n) is 10.8. The second-order valence-electron chi connectivity index (χ2n) is 4.81. The van der Waals surface area contributed by atoms with E-state index in [2.05, 4.69) is 10.3 Å². The lowest BCUT2D eigenvalue weighted by Crippen LogP contribution is -2.34. The highest BCUT2D eigenvalue weighted by atomic mass is 16.5. The van der Waals surface area contributed by atoms with Gasteiger partial charge in [0.2, 0.25) is 0 Å². The maximum absolute atomic E-state index is 11.4. The Bertz CT molecular complexity index is 373. The number of nitrogens with zero attached hydrogens (tertiary/aromatic N) is 1. The van der Waals surface area contributed by atoms with Crippen LogP contribution in [0.3, 0.4) is 0 Å². The Kier molecular flexibility index (Phi) is 4.70. The summed E-state index contributed by atoms with van der Waals surface area (Å²) < 4.78 is 4.79. The summed E-state index contributed by atoms with van der Waals surface area (Å²) in [4.78, 5) is 15.4.